The van der Waals surface area contributed by atoms with E-state index in [0.717, 1.165) is 25.8 Å². The van der Waals surface area contributed by atoms with E-state index in [-0.39, 0.29) is 11.9 Å². The number of hydrogen-bond donors (Lipinski definition) is 1. The molecular formula is C18H27ClN2O3. The maximum Gasteiger partial charge on any atom is 0.254 e. The van der Waals surface area contributed by atoms with E-state index < -0.39 is 0 Å². The minimum Gasteiger partial charge on any atom is -0.493 e. The number of rotatable bonds is 6. The Bertz CT molecular complexity index is 578. The molecule has 2 N–H and O–H groups in total. The molecule has 1 aromatic rings. The predicted molar refractivity (Wildman–Crippen MR) is 96.1 cm³/mol. The predicted octanol–water partition coefficient (Wildman–Crippen LogP) is 3.34. The second kappa shape index (κ2) is 8.58. The third-order valence-corrected chi connectivity index (χ3v) is 4.44. The molecule has 2 rings (SSSR count). The molecule has 1 aliphatic heterocycles. The molecule has 6 heteroatoms. The summed E-state index contributed by atoms with van der Waals surface area (Å²) < 4.78 is 11.1. The molecule has 1 aliphatic rings. The number of methoxy groups -OCH3 is 1. The Morgan fingerprint density at radius 1 is 1.46 bits per heavy atom. The number of hydrogen-bond acceptors (Lipinski definition) is 4. The summed E-state index contributed by atoms with van der Waals surface area (Å²) in [5, 5.41) is 0.391. The van der Waals surface area contributed by atoms with Gasteiger partial charge in [-0.1, -0.05) is 25.4 Å². The number of halogens is 1. The van der Waals surface area contributed by atoms with Gasteiger partial charge in [0.2, 0.25) is 0 Å². The molecule has 24 heavy (non-hydrogen) atoms. The largest absolute Gasteiger partial charge is 0.493 e. The molecule has 0 radical (unpaired) electrons. The third kappa shape index (κ3) is 4.77. The van der Waals surface area contributed by atoms with E-state index in [1.165, 1.54) is 0 Å². The lowest BCUT2D eigenvalue weighted by molar-refractivity contribution is 0.0708. The molecule has 1 heterocycles. The average molecular weight is 355 g/mol. The third-order valence-electron chi connectivity index (χ3n) is 4.16. The van der Waals surface area contributed by atoms with Gasteiger partial charge in [0.1, 0.15) is 0 Å². The molecule has 0 aliphatic carbocycles. The van der Waals surface area contributed by atoms with Crippen molar-refractivity contribution in [1.82, 2.24) is 4.90 Å². The lowest BCUT2D eigenvalue weighted by atomic mass is 10.1. The molecule has 1 atom stereocenters. The number of nitrogens with zero attached hydrogens (tertiary/aromatic N) is 1. The van der Waals surface area contributed by atoms with Crippen molar-refractivity contribution in [1.29, 1.82) is 0 Å². The molecule has 1 amide bonds. The van der Waals surface area contributed by atoms with Gasteiger partial charge in [0.15, 0.2) is 11.5 Å². The highest BCUT2D eigenvalue weighted by Gasteiger charge is 2.24. The number of amides is 1. The molecule has 5 nitrogen and oxygen atoms in total. The Balaban J connectivity index is 2.17. The number of nitrogens with two attached hydrogens (primary N) is 1. The minimum absolute atomic E-state index is 0.0405. The molecule has 0 saturated carbocycles. The fourth-order valence-electron chi connectivity index (χ4n) is 2.76. The van der Waals surface area contributed by atoms with Gasteiger partial charge in [-0.3, -0.25) is 4.79 Å². The van der Waals surface area contributed by atoms with Crippen LogP contribution in [0.1, 0.15) is 43.5 Å². The molecule has 1 fully saturated rings. The Morgan fingerprint density at radius 2 is 2.21 bits per heavy atom. The Labute approximate surface area is 149 Å². The first kappa shape index (κ1) is 18.9. The van der Waals surface area contributed by atoms with Gasteiger partial charge in [-0.2, -0.15) is 0 Å². The van der Waals surface area contributed by atoms with Gasteiger partial charge in [0.25, 0.3) is 5.91 Å². The molecule has 0 aromatic heterocycles. The summed E-state index contributed by atoms with van der Waals surface area (Å²) in [6.07, 6.45) is 2.80. The molecule has 134 valence electrons. The molecule has 1 aromatic carbocycles. The number of likely N-dealkylation sites (tertiary alicyclic amines) is 1. The maximum absolute atomic E-state index is 12.7. The van der Waals surface area contributed by atoms with Crippen LogP contribution in [0.5, 0.6) is 11.5 Å². The normalized spacial score (nSPS) is 17.9. The number of piperidine rings is 1. The highest BCUT2D eigenvalue weighted by molar-refractivity contribution is 6.32. The maximum atomic E-state index is 12.7. The van der Waals surface area contributed by atoms with E-state index in [2.05, 4.69) is 13.8 Å². The number of carbonyl (C=O) groups is 1. The second-order valence-corrected chi connectivity index (χ2v) is 7.08. The van der Waals surface area contributed by atoms with Gasteiger partial charge < -0.3 is 20.1 Å². The SMILES string of the molecule is COc1cc(C(=O)N2CCC[C@@H](N)C2)cc(Cl)c1OCCC(C)C. The zero-order valence-electron chi connectivity index (χ0n) is 14.7. The summed E-state index contributed by atoms with van der Waals surface area (Å²) in [7, 11) is 1.55. The summed E-state index contributed by atoms with van der Waals surface area (Å²) >= 11 is 6.34. The van der Waals surface area contributed by atoms with Crippen LogP contribution >= 0.6 is 11.6 Å². The first-order chi connectivity index (χ1) is 11.4. The number of ether oxygens (including phenoxy) is 2. The van der Waals surface area contributed by atoms with Gasteiger partial charge >= 0.3 is 0 Å². The van der Waals surface area contributed by atoms with Gasteiger partial charge in [-0.15, -0.1) is 0 Å². The van der Waals surface area contributed by atoms with Crippen molar-refractivity contribution in [2.24, 2.45) is 11.7 Å². The lowest BCUT2D eigenvalue weighted by Gasteiger charge is -2.31. The van der Waals surface area contributed by atoms with E-state index in [9.17, 15) is 4.79 Å². The van der Waals surface area contributed by atoms with Crippen LogP contribution in [0.15, 0.2) is 12.1 Å². The zero-order chi connectivity index (χ0) is 17.7. The van der Waals surface area contributed by atoms with Gasteiger partial charge in [-0.05, 0) is 37.3 Å². The van der Waals surface area contributed by atoms with Crippen LogP contribution in [-0.4, -0.2) is 43.7 Å². The van der Waals surface area contributed by atoms with Crippen LogP contribution < -0.4 is 15.2 Å². The van der Waals surface area contributed by atoms with Crippen molar-refractivity contribution in [3.8, 4) is 11.5 Å². The summed E-state index contributed by atoms with van der Waals surface area (Å²) in [5.41, 5.74) is 6.47. The molecule has 1 saturated heterocycles. The average Bonchev–Trinajstić information content (AvgIpc) is 2.55. The van der Waals surface area contributed by atoms with Crippen molar-refractivity contribution in [2.45, 2.75) is 39.2 Å². The number of benzene rings is 1. The lowest BCUT2D eigenvalue weighted by Crippen LogP contribution is -2.45. The van der Waals surface area contributed by atoms with Crippen LogP contribution in [0.3, 0.4) is 0 Å². The topological polar surface area (TPSA) is 64.8 Å². The van der Waals surface area contributed by atoms with Crippen LogP contribution in [0.2, 0.25) is 5.02 Å². The van der Waals surface area contributed by atoms with Gasteiger partial charge in [-0.25, -0.2) is 0 Å². The van der Waals surface area contributed by atoms with E-state index in [1.54, 1.807) is 24.1 Å². The van der Waals surface area contributed by atoms with Crippen LogP contribution in [-0.2, 0) is 0 Å². The van der Waals surface area contributed by atoms with Crippen molar-refractivity contribution in [3.05, 3.63) is 22.7 Å². The van der Waals surface area contributed by atoms with Crippen molar-refractivity contribution in [2.75, 3.05) is 26.8 Å². The Hall–Kier alpha value is -1.46. The summed E-state index contributed by atoms with van der Waals surface area (Å²) in [6.45, 7) is 6.12. The fraction of sp³-hybridized carbons (Fsp3) is 0.611. The highest BCUT2D eigenvalue weighted by Crippen LogP contribution is 2.37. The monoisotopic (exact) mass is 354 g/mol. The second-order valence-electron chi connectivity index (χ2n) is 6.67. The zero-order valence-corrected chi connectivity index (χ0v) is 15.4. The smallest absolute Gasteiger partial charge is 0.254 e. The molecule has 0 spiro atoms. The van der Waals surface area contributed by atoms with Crippen LogP contribution in [0.4, 0.5) is 0 Å². The highest BCUT2D eigenvalue weighted by atomic mass is 35.5. The summed E-state index contributed by atoms with van der Waals surface area (Å²) in [6, 6.07) is 3.38. The standard InChI is InChI=1S/C18H27ClN2O3/c1-12(2)6-8-24-17-15(19)9-13(10-16(17)23-3)18(22)21-7-4-5-14(20)11-21/h9-10,12,14H,4-8,11,20H2,1-3H3/t14-/m1/s1. The molecule has 0 bridgehead atoms. The van der Waals surface area contributed by atoms with Gasteiger partial charge in [0, 0.05) is 24.7 Å². The number of carbonyl (C=O) groups excluding carboxylic acids is 1. The van der Waals surface area contributed by atoms with E-state index in [0.29, 0.717) is 41.2 Å². The van der Waals surface area contributed by atoms with Crippen LogP contribution in [0.25, 0.3) is 0 Å². The molecular weight excluding hydrogens is 328 g/mol. The van der Waals surface area contributed by atoms with Crippen molar-refractivity contribution < 1.29 is 14.3 Å². The molecule has 0 unspecified atom stereocenters. The quantitative estimate of drug-likeness (QED) is 0.850. The Kier molecular flexibility index (Phi) is 6.75. The minimum atomic E-state index is -0.0703. The fourth-order valence-corrected chi connectivity index (χ4v) is 3.02. The van der Waals surface area contributed by atoms with E-state index >= 15 is 0 Å². The first-order valence-corrected chi connectivity index (χ1v) is 8.85. The van der Waals surface area contributed by atoms with E-state index in [4.69, 9.17) is 26.8 Å². The first-order valence-electron chi connectivity index (χ1n) is 8.47. The summed E-state index contributed by atoms with van der Waals surface area (Å²) in [5.74, 6) is 1.45. The van der Waals surface area contributed by atoms with E-state index in [1.807, 2.05) is 0 Å². The van der Waals surface area contributed by atoms with Crippen LogP contribution in [0, 0.1) is 5.92 Å². The van der Waals surface area contributed by atoms with Crippen molar-refractivity contribution >= 4 is 17.5 Å². The van der Waals surface area contributed by atoms with Crippen molar-refractivity contribution in [3.63, 3.8) is 0 Å². The van der Waals surface area contributed by atoms with Gasteiger partial charge in [0.05, 0.1) is 18.7 Å². The Morgan fingerprint density at radius 3 is 2.83 bits per heavy atom. The summed E-state index contributed by atoms with van der Waals surface area (Å²) in [4.78, 5) is 14.5.